The van der Waals surface area contributed by atoms with E-state index in [4.69, 9.17) is 11.0 Å². The average molecular weight is 437 g/mol. The number of rotatable bonds is 4. The summed E-state index contributed by atoms with van der Waals surface area (Å²) in [5, 5.41) is 12.2. The van der Waals surface area contributed by atoms with Gasteiger partial charge in [-0.15, -0.1) is 0 Å². The van der Waals surface area contributed by atoms with Gasteiger partial charge < -0.3 is 16.0 Å². The first-order valence-electron chi connectivity index (χ1n) is 11.3. The van der Waals surface area contributed by atoms with E-state index in [0.29, 0.717) is 23.6 Å². The number of halogens is 1. The van der Waals surface area contributed by atoms with E-state index in [0.717, 1.165) is 38.1 Å². The molecule has 2 aromatic rings. The summed E-state index contributed by atoms with van der Waals surface area (Å²) in [6, 6.07) is 8.21. The highest BCUT2D eigenvalue weighted by molar-refractivity contribution is 5.80. The minimum Gasteiger partial charge on any atom is -0.368 e. The zero-order valence-corrected chi connectivity index (χ0v) is 18.4. The minimum atomic E-state index is -0.601. The van der Waals surface area contributed by atoms with E-state index >= 15 is 0 Å². The molecule has 2 heterocycles. The SMILES string of the molecule is CC1CCC(NC(=O)[C@H]2CCCN(c3cc(-c4ccc(C#N)c(F)c4)nc(N)n3)C2)CC1. The van der Waals surface area contributed by atoms with Crippen molar-refractivity contribution in [3.63, 3.8) is 0 Å². The smallest absolute Gasteiger partial charge is 0.225 e. The molecule has 7 nitrogen and oxygen atoms in total. The Balaban J connectivity index is 1.48. The van der Waals surface area contributed by atoms with Crippen LogP contribution in [0.4, 0.5) is 16.2 Å². The van der Waals surface area contributed by atoms with Gasteiger partial charge in [-0.05, 0) is 56.6 Å². The van der Waals surface area contributed by atoms with Crippen LogP contribution < -0.4 is 16.0 Å². The molecule has 1 saturated heterocycles. The topological polar surface area (TPSA) is 108 Å². The molecule has 8 heteroatoms. The fourth-order valence-corrected chi connectivity index (χ4v) is 4.65. The Morgan fingerprint density at radius 1 is 1.22 bits per heavy atom. The number of nitrogens with zero attached hydrogens (tertiary/aromatic N) is 4. The van der Waals surface area contributed by atoms with Crippen LogP contribution in [-0.2, 0) is 4.79 Å². The first-order valence-corrected chi connectivity index (χ1v) is 11.3. The summed E-state index contributed by atoms with van der Waals surface area (Å²) in [5.41, 5.74) is 6.94. The Hall–Kier alpha value is -3.21. The number of carbonyl (C=O) groups excluding carboxylic acids is 1. The molecule has 1 aliphatic heterocycles. The maximum atomic E-state index is 14.1. The Morgan fingerprint density at radius 3 is 2.72 bits per heavy atom. The molecule has 0 radical (unpaired) electrons. The number of hydrogen-bond donors (Lipinski definition) is 2. The molecule has 4 rings (SSSR count). The minimum absolute atomic E-state index is 0.0201. The van der Waals surface area contributed by atoms with Crippen molar-refractivity contribution in [2.45, 2.75) is 51.5 Å². The van der Waals surface area contributed by atoms with Crippen molar-refractivity contribution in [3.05, 3.63) is 35.6 Å². The number of nitrogens with one attached hydrogen (secondary N) is 1. The third-order valence-corrected chi connectivity index (χ3v) is 6.59. The second-order valence-corrected chi connectivity index (χ2v) is 9.03. The van der Waals surface area contributed by atoms with Gasteiger partial charge in [0.1, 0.15) is 17.7 Å². The quantitative estimate of drug-likeness (QED) is 0.757. The third-order valence-electron chi connectivity index (χ3n) is 6.59. The van der Waals surface area contributed by atoms with E-state index in [2.05, 4.69) is 27.1 Å². The molecule has 2 aliphatic rings. The summed E-state index contributed by atoms with van der Waals surface area (Å²) in [5.74, 6) is 0.873. The normalized spacial score (nSPS) is 23.4. The molecule has 0 bridgehead atoms. The highest BCUT2D eigenvalue weighted by Crippen LogP contribution is 2.28. The number of benzene rings is 1. The number of nitrogen functional groups attached to an aromatic ring is 1. The zero-order valence-electron chi connectivity index (χ0n) is 18.4. The maximum absolute atomic E-state index is 14.1. The number of nitrogens with two attached hydrogens (primary N) is 1. The molecule has 0 spiro atoms. The fourth-order valence-electron chi connectivity index (χ4n) is 4.65. The molecule has 1 aromatic heterocycles. The first-order chi connectivity index (χ1) is 15.4. The Morgan fingerprint density at radius 2 is 2.00 bits per heavy atom. The molecule has 1 atom stereocenters. The van der Waals surface area contributed by atoms with E-state index in [1.807, 2.05) is 6.07 Å². The van der Waals surface area contributed by atoms with Gasteiger partial charge in [0.2, 0.25) is 11.9 Å². The van der Waals surface area contributed by atoms with Crippen LogP contribution in [0.25, 0.3) is 11.3 Å². The van der Waals surface area contributed by atoms with Crippen LogP contribution in [0.2, 0.25) is 0 Å². The van der Waals surface area contributed by atoms with Crippen LogP contribution in [0.3, 0.4) is 0 Å². The number of nitriles is 1. The number of hydrogen-bond acceptors (Lipinski definition) is 6. The van der Waals surface area contributed by atoms with Crippen LogP contribution in [0, 0.1) is 29.0 Å². The van der Waals surface area contributed by atoms with Gasteiger partial charge in [-0.2, -0.15) is 10.2 Å². The molecule has 1 aromatic carbocycles. The van der Waals surface area contributed by atoms with Gasteiger partial charge in [0.05, 0.1) is 17.2 Å². The molecular weight excluding hydrogens is 407 g/mol. The number of anilines is 2. The van der Waals surface area contributed by atoms with Crippen molar-refractivity contribution in [1.82, 2.24) is 15.3 Å². The molecule has 168 valence electrons. The lowest BCUT2D eigenvalue weighted by Crippen LogP contribution is -2.47. The summed E-state index contributed by atoms with van der Waals surface area (Å²) >= 11 is 0. The molecule has 32 heavy (non-hydrogen) atoms. The molecule has 1 amide bonds. The second-order valence-electron chi connectivity index (χ2n) is 9.03. The van der Waals surface area contributed by atoms with E-state index < -0.39 is 5.82 Å². The number of aromatic nitrogens is 2. The number of piperidine rings is 1. The lowest BCUT2D eigenvalue weighted by atomic mass is 9.87. The third kappa shape index (κ3) is 4.98. The molecule has 1 saturated carbocycles. The Labute approximate surface area is 187 Å². The van der Waals surface area contributed by atoms with Gasteiger partial charge in [-0.25, -0.2) is 9.37 Å². The van der Waals surface area contributed by atoms with Crippen molar-refractivity contribution in [1.29, 1.82) is 5.26 Å². The van der Waals surface area contributed by atoms with Crippen molar-refractivity contribution in [2.75, 3.05) is 23.7 Å². The van der Waals surface area contributed by atoms with Crippen LogP contribution in [0.5, 0.6) is 0 Å². The largest absolute Gasteiger partial charge is 0.368 e. The average Bonchev–Trinajstić information content (AvgIpc) is 2.80. The van der Waals surface area contributed by atoms with Crippen LogP contribution in [-0.4, -0.2) is 35.0 Å². The van der Waals surface area contributed by atoms with Crippen LogP contribution in [0.1, 0.15) is 51.0 Å². The summed E-state index contributed by atoms with van der Waals surface area (Å²) < 4.78 is 14.1. The molecule has 1 aliphatic carbocycles. The zero-order chi connectivity index (χ0) is 22.7. The standard InChI is InChI=1S/C24H29FN6O/c1-15-4-8-19(9-5-15)28-23(32)18-3-2-10-31(14-18)22-12-21(29-24(27)30-22)16-6-7-17(13-26)20(25)11-16/h6-7,11-12,15,18-19H,2-5,8-10,14H2,1H3,(H,28,32)(H2,27,29,30)/t15?,18-,19?/m0/s1. The molecular formula is C24H29FN6O. The van der Waals surface area contributed by atoms with E-state index in [1.54, 1.807) is 12.1 Å². The predicted molar refractivity (Wildman–Crippen MR) is 121 cm³/mol. The monoisotopic (exact) mass is 436 g/mol. The highest BCUT2D eigenvalue weighted by Gasteiger charge is 2.29. The number of carbonyl (C=O) groups is 1. The summed E-state index contributed by atoms with van der Waals surface area (Å²) in [4.78, 5) is 23.6. The van der Waals surface area contributed by atoms with Gasteiger partial charge in [0.15, 0.2) is 0 Å². The summed E-state index contributed by atoms with van der Waals surface area (Å²) in [6.45, 7) is 3.60. The van der Waals surface area contributed by atoms with Gasteiger partial charge in [-0.1, -0.05) is 13.0 Å². The van der Waals surface area contributed by atoms with E-state index in [-0.39, 0.29) is 29.4 Å². The van der Waals surface area contributed by atoms with Crippen LogP contribution >= 0.6 is 0 Å². The fraction of sp³-hybridized carbons (Fsp3) is 0.500. The second kappa shape index (κ2) is 9.51. The number of amides is 1. The van der Waals surface area contributed by atoms with Gasteiger partial charge in [0, 0.05) is 30.8 Å². The molecule has 3 N–H and O–H groups in total. The summed E-state index contributed by atoms with van der Waals surface area (Å²) in [7, 11) is 0. The van der Waals surface area contributed by atoms with Gasteiger partial charge in [0.25, 0.3) is 0 Å². The lowest BCUT2D eigenvalue weighted by molar-refractivity contribution is -0.126. The van der Waals surface area contributed by atoms with Gasteiger partial charge in [-0.3, -0.25) is 4.79 Å². The lowest BCUT2D eigenvalue weighted by Gasteiger charge is -2.34. The van der Waals surface area contributed by atoms with E-state index in [1.165, 1.54) is 25.0 Å². The van der Waals surface area contributed by atoms with E-state index in [9.17, 15) is 9.18 Å². The predicted octanol–water partition coefficient (Wildman–Crippen LogP) is 3.65. The van der Waals surface area contributed by atoms with Gasteiger partial charge >= 0.3 is 0 Å². The van der Waals surface area contributed by atoms with Crippen molar-refractivity contribution in [3.8, 4) is 17.3 Å². The first kappa shape index (κ1) is 22.0. The van der Waals surface area contributed by atoms with Crippen molar-refractivity contribution >= 4 is 17.7 Å². The summed E-state index contributed by atoms with van der Waals surface area (Å²) in [6.07, 6.45) is 6.16. The molecule has 2 fully saturated rings. The Bertz CT molecular complexity index is 1030. The maximum Gasteiger partial charge on any atom is 0.225 e. The van der Waals surface area contributed by atoms with Crippen LogP contribution in [0.15, 0.2) is 24.3 Å². The van der Waals surface area contributed by atoms with Crippen molar-refractivity contribution in [2.24, 2.45) is 11.8 Å². The molecule has 0 unspecified atom stereocenters. The highest BCUT2D eigenvalue weighted by atomic mass is 19.1. The Kier molecular flexibility index (Phi) is 6.54. The van der Waals surface area contributed by atoms with Crippen molar-refractivity contribution < 1.29 is 9.18 Å².